The third-order valence-corrected chi connectivity index (χ3v) is 4.34. The van der Waals surface area contributed by atoms with E-state index in [0.717, 1.165) is 22.6 Å². The first-order valence-electron chi connectivity index (χ1n) is 9.31. The van der Waals surface area contributed by atoms with E-state index in [2.05, 4.69) is 32.4 Å². The average Bonchev–Trinajstić information content (AvgIpc) is 2.97. The van der Waals surface area contributed by atoms with Crippen LogP contribution in [0.5, 0.6) is 5.75 Å². The number of aromatic nitrogens is 1. The van der Waals surface area contributed by atoms with Gasteiger partial charge >= 0.3 is 6.61 Å². The zero-order chi connectivity index (χ0) is 20.7. The molecule has 2 N–H and O–H groups in total. The number of rotatable bonds is 8. The lowest BCUT2D eigenvalue weighted by atomic mass is 10.00. The molecule has 0 aliphatic heterocycles. The number of alkyl halides is 2. The molecule has 2 rings (SSSR count). The molecule has 1 aromatic heterocycles. The van der Waals surface area contributed by atoms with E-state index in [1.807, 2.05) is 27.7 Å². The Balaban J connectivity index is 0.00000420. The van der Waals surface area contributed by atoms with Gasteiger partial charge in [-0.2, -0.15) is 8.78 Å². The van der Waals surface area contributed by atoms with Gasteiger partial charge in [0.1, 0.15) is 11.5 Å². The molecule has 0 spiro atoms. The molecule has 1 heterocycles. The van der Waals surface area contributed by atoms with Gasteiger partial charge in [0.2, 0.25) is 0 Å². The minimum Gasteiger partial charge on any atom is -0.434 e. The number of nitrogens with one attached hydrogen (secondary N) is 2. The van der Waals surface area contributed by atoms with Gasteiger partial charge in [-0.1, -0.05) is 29.8 Å². The molecule has 0 fully saturated rings. The fourth-order valence-corrected chi connectivity index (χ4v) is 3.09. The van der Waals surface area contributed by atoms with Crippen LogP contribution in [0.25, 0.3) is 0 Å². The van der Waals surface area contributed by atoms with E-state index >= 15 is 0 Å². The second-order valence-electron chi connectivity index (χ2n) is 6.70. The first-order valence-corrected chi connectivity index (χ1v) is 9.31. The fourth-order valence-electron chi connectivity index (χ4n) is 3.09. The molecule has 6 nitrogen and oxygen atoms in total. The molecule has 9 heteroatoms. The lowest BCUT2D eigenvalue weighted by molar-refractivity contribution is -0.0504. The number of halogens is 3. The molecule has 162 valence electrons. The highest BCUT2D eigenvalue weighted by Crippen LogP contribution is 2.24. The first-order chi connectivity index (χ1) is 13.3. The van der Waals surface area contributed by atoms with Crippen molar-refractivity contribution in [1.82, 2.24) is 15.8 Å². The first kappa shape index (κ1) is 25.1. The van der Waals surface area contributed by atoms with Crippen LogP contribution in [-0.4, -0.2) is 30.8 Å². The molecule has 29 heavy (non-hydrogen) atoms. The Labute approximate surface area is 187 Å². The molecule has 0 amide bonds. The van der Waals surface area contributed by atoms with Crippen LogP contribution >= 0.6 is 24.0 Å². The number of guanidine groups is 1. The van der Waals surface area contributed by atoms with Gasteiger partial charge < -0.3 is 19.9 Å². The Bertz CT molecular complexity index is 792. The quantitative estimate of drug-likeness (QED) is 0.300. The van der Waals surface area contributed by atoms with E-state index < -0.39 is 6.61 Å². The van der Waals surface area contributed by atoms with Crippen molar-refractivity contribution in [2.24, 2.45) is 4.99 Å². The van der Waals surface area contributed by atoms with E-state index in [4.69, 9.17) is 4.52 Å². The van der Waals surface area contributed by atoms with Crippen LogP contribution < -0.4 is 15.4 Å². The smallest absolute Gasteiger partial charge is 0.387 e. The van der Waals surface area contributed by atoms with Crippen molar-refractivity contribution in [2.45, 2.75) is 53.7 Å². The maximum absolute atomic E-state index is 12.6. The minimum atomic E-state index is -2.87. The summed E-state index contributed by atoms with van der Waals surface area (Å²) in [5.74, 6) is 1.73. The van der Waals surface area contributed by atoms with Crippen molar-refractivity contribution in [3.63, 3.8) is 0 Å². The SMILES string of the molecule is CCNC(=NCc1cc(C)ccc1OC(F)F)NCC(C)c1c(C)noc1C.I. The summed E-state index contributed by atoms with van der Waals surface area (Å²) in [6, 6.07) is 5.09. The predicted octanol–water partition coefficient (Wildman–Crippen LogP) is 4.68. The maximum atomic E-state index is 12.6. The summed E-state index contributed by atoms with van der Waals surface area (Å²) in [5, 5.41) is 10.5. The summed E-state index contributed by atoms with van der Waals surface area (Å²) in [7, 11) is 0. The van der Waals surface area contributed by atoms with Gasteiger partial charge in [0.05, 0.1) is 12.2 Å². The van der Waals surface area contributed by atoms with Crippen LogP contribution in [0.2, 0.25) is 0 Å². The summed E-state index contributed by atoms with van der Waals surface area (Å²) < 4.78 is 35.1. The largest absolute Gasteiger partial charge is 0.434 e. The molecule has 0 saturated carbocycles. The number of aliphatic imine (C=N–C) groups is 1. The summed E-state index contributed by atoms with van der Waals surface area (Å²) in [6.07, 6.45) is 0. The molecule has 0 radical (unpaired) electrons. The van der Waals surface area contributed by atoms with E-state index in [1.54, 1.807) is 18.2 Å². The number of aryl methyl sites for hydroxylation is 3. The van der Waals surface area contributed by atoms with Gasteiger partial charge in [-0.3, -0.25) is 0 Å². The van der Waals surface area contributed by atoms with Crippen molar-refractivity contribution in [3.8, 4) is 5.75 Å². The Kier molecular flexibility index (Phi) is 10.3. The molecule has 0 saturated heterocycles. The molecule has 0 aliphatic carbocycles. The molecule has 1 aromatic carbocycles. The summed E-state index contributed by atoms with van der Waals surface area (Å²) >= 11 is 0. The lowest BCUT2D eigenvalue weighted by Crippen LogP contribution is -2.39. The van der Waals surface area contributed by atoms with Crippen LogP contribution in [0, 0.1) is 20.8 Å². The summed E-state index contributed by atoms with van der Waals surface area (Å²) in [5.41, 5.74) is 3.52. The number of hydrogen-bond donors (Lipinski definition) is 2. The topological polar surface area (TPSA) is 71.7 Å². The molecular weight excluding hydrogens is 493 g/mol. The zero-order valence-corrected chi connectivity index (χ0v) is 19.7. The Hall–Kier alpha value is -1.91. The van der Waals surface area contributed by atoms with E-state index in [9.17, 15) is 8.78 Å². The average molecular weight is 522 g/mol. The second kappa shape index (κ2) is 11.9. The number of ether oxygens (including phenoxy) is 1. The monoisotopic (exact) mass is 522 g/mol. The van der Waals surface area contributed by atoms with Crippen LogP contribution in [0.15, 0.2) is 27.7 Å². The second-order valence-corrected chi connectivity index (χ2v) is 6.70. The van der Waals surface area contributed by atoms with Gasteiger partial charge in [0.25, 0.3) is 0 Å². The van der Waals surface area contributed by atoms with Crippen LogP contribution in [0.1, 0.15) is 47.9 Å². The van der Waals surface area contributed by atoms with Crippen molar-refractivity contribution >= 4 is 29.9 Å². The molecule has 1 unspecified atom stereocenters. The lowest BCUT2D eigenvalue weighted by Gasteiger charge is -2.16. The summed E-state index contributed by atoms with van der Waals surface area (Å²) in [6.45, 7) is 8.42. The highest BCUT2D eigenvalue weighted by molar-refractivity contribution is 14.0. The highest BCUT2D eigenvalue weighted by Gasteiger charge is 2.17. The summed E-state index contributed by atoms with van der Waals surface area (Å²) in [4.78, 5) is 4.52. The van der Waals surface area contributed by atoms with Crippen molar-refractivity contribution in [2.75, 3.05) is 13.1 Å². The predicted molar refractivity (Wildman–Crippen MR) is 120 cm³/mol. The van der Waals surface area contributed by atoms with Crippen molar-refractivity contribution in [1.29, 1.82) is 0 Å². The van der Waals surface area contributed by atoms with Gasteiger partial charge in [0, 0.05) is 30.1 Å². The minimum absolute atomic E-state index is 0. The van der Waals surface area contributed by atoms with E-state index in [0.29, 0.717) is 24.6 Å². The highest BCUT2D eigenvalue weighted by atomic mass is 127. The Morgan fingerprint density at radius 1 is 1.24 bits per heavy atom. The normalized spacial score (nSPS) is 12.5. The van der Waals surface area contributed by atoms with Gasteiger partial charge in [-0.15, -0.1) is 24.0 Å². The van der Waals surface area contributed by atoms with Crippen LogP contribution in [-0.2, 0) is 6.54 Å². The number of benzene rings is 1. The third kappa shape index (κ3) is 7.45. The Morgan fingerprint density at radius 3 is 2.55 bits per heavy atom. The standard InChI is InChI=1S/C20H28F2N4O2.HI/c1-6-23-20(24-10-13(3)18-14(4)26-28-15(18)5)25-11-16-9-12(2)7-8-17(16)27-19(21)22;/h7-9,13,19H,6,10-11H2,1-5H3,(H2,23,24,25);1H. The van der Waals surface area contributed by atoms with Crippen LogP contribution in [0.4, 0.5) is 8.78 Å². The fraction of sp³-hybridized carbons (Fsp3) is 0.500. The van der Waals surface area contributed by atoms with Crippen LogP contribution in [0.3, 0.4) is 0 Å². The Morgan fingerprint density at radius 2 is 1.97 bits per heavy atom. The molecule has 0 aliphatic rings. The molecule has 0 bridgehead atoms. The van der Waals surface area contributed by atoms with Crippen molar-refractivity contribution in [3.05, 3.63) is 46.3 Å². The van der Waals surface area contributed by atoms with E-state index in [1.165, 1.54) is 0 Å². The van der Waals surface area contributed by atoms with Gasteiger partial charge in [0.15, 0.2) is 5.96 Å². The molecular formula is C20H29F2IN4O2. The number of nitrogens with zero attached hydrogens (tertiary/aromatic N) is 2. The van der Waals surface area contributed by atoms with Crippen molar-refractivity contribution < 1.29 is 18.0 Å². The van der Waals surface area contributed by atoms with Gasteiger partial charge in [-0.25, -0.2) is 4.99 Å². The molecule has 2 aromatic rings. The third-order valence-electron chi connectivity index (χ3n) is 4.34. The zero-order valence-electron chi connectivity index (χ0n) is 17.4. The number of hydrogen-bond acceptors (Lipinski definition) is 4. The van der Waals surface area contributed by atoms with Gasteiger partial charge in [-0.05, 0) is 33.8 Å². The maximum Gasteiger partial charge on any atom is 0.387 e. The molecule has 1 atom stereocenters. The van der Waals surface area contributed by atoms with E-state index in [-0.39, 0.29) is 42.2 Å².